The summed E-state index contributed by atoms with van der Waals surface area (Å²) in [5, 5.41) is 11.0. The Balaban J connectivity index is 1.69. The minimum atomic E-state index is 0.751. The summed E-state index contributed by atoms with van der Waals surface area (Å²) in [5.74, 6) is 1.68. The zero-order valence-corrected chi connectivity index (χ0v) is 9.76. The maximum Gasteiger partial charge on any atom is 0.152 e. The molecule has 2 N–H and O–H groups in total. The Hall–Kier alpha value is -1.62. The molecule has 1 saturated heterocycles. The molecule has 0 aromatic carbocycles. The van der Waals surface area contributed by atoms with E-state index in [9.17, 15) is 0 Å². The Kier molecular flexibility index (Phi) is 2.92. The summed E-state index contributed by atoms with van der Waals surface area (Å²) in [6, 6.07) is 1.98. The second kappa shape index (κ2) is 4.71. The SMILES string of the molecule is c1cn2nccc2c(NCC2CCNCC2)n1. The third kappa shape index (κ3) is 2.24. The van der Waals surface area contributed by atoms with Gasteiger partial charge in [-0.3, -0.25) is 0 Å². The lowest BCUT2D eigenvalue weighted by Crippen LogP contribution is -2.31. The summed E-state index contributed by atoms with van der Waals surface area (Å²) in [6.45, 7) is 3.27. The van der Waals surface area contributed by atoms with Crippen molar-refractivity contribution in [3.8, 4) is 0 Å². The van der Waals surface area contributed by atoms with Gasteiger partial charge < -0.3 is 10.6 Å². The molecule has 90 valence electrons. The number of rotatable bonds is 3. The van der Waals surface area contributed by atoms with E-state index in [-0.39, 0.29) is 0 Å². The molecule has 0 atom stereocenters. The molecule has 1 fully saturated rings. The van der Waals surface area contributed by atoms with Crippen molar-refractivity contribution in [3.63, 3.8) is 0 Å². The van der Waals surface area contributed by atoms with E-state index in [1.807, 2.05) is 16.8 Å². The van der Waals surface area contributed by atoms with Crippen molar-refractivity contribution in [1.29, 1.82) is 0 Å². The van der Waals surface area contributed by atoms with Crippen molar-refractivity contribution in [2.24, 2.45) is 5.92 Å². The van der Waals surface area contributed by atoms with E-state index in [1.165, 1.54) is 12.8 Å². The number of fused-ring (bicyclic) bond motifs is 1. The molecule has 5 nitrogen and oxygen atoms in total. The summed E-state index contributed by atoms with van der Waals surface area (Å²) in [4.78, 5) is 4.38. The monoisotopic (exact) mass is 231 g/mol. The second-order valence-electron chi connectivity index (χ2n) is 4.51. The first kappa shape index (κ1) is 10.5. The van der Waals surface area contributed by atoms with Gasteiger partial charge >= 0.3 is 0 Å². The first-order valence-electron chi connectivity index (χ1n) is 6.16. The second-order valence-corrected chi connectivity index (χ2v) is 4.51. The number of anilines is 1. The van der Waals surface area contributed by atoms with Crippen LogP contribution in [-0.4, -0.2) is 34.2 Å². The van der Waals surface area contributed by atoms with Gasteiger partial charge in [0, 0.05) is 18.9 Å². The van der Waals surface area contributed by atoms with E-state index in [4.69, 9.17) is 0 Å². The molecule has 2 aromatic rings. The van der Waals surface area contributed by atoms with Crippen LogP contribution in [-0.2, 0) is 0 Å². The fourth-order valence-electron chi connectivity index (χ4n) is 2.32. The van der Waals surface area contributed by atoms with E-state index < -0.39 is 0 Å². The molecule has 0 amide bonds. The zero-order valence-electron chi connectivity index (χ0n) is 9.76. The molecule has 0 spiro atoms. The van der Waals surface area contributed by atoms with Crippen LogP contribution in [0.25, 0.3) is 5.52 Å². The van der Waals surface area contributed by atoms with Crippen LogP contribution in [0.5, 0.6) is 0 Å². The molecule has 3 rings (SSSR count). The highest BCUT2D eigenvalue weighted by Crippen LogP contribution is 2.16. The summed E-state index contributed by atoms with van der Waals surface area (Å²) in [6.07, 6.45) is 7.94. The minimum Gasteiger partial charge on any atom is -0.368 e. The number of hydrogen-bond acceptors (Lipinski definition) is 4. The van der Waals surface area contributed by atoms with Crippen LogP contribution in [0.2, 0.25) is 0 Å². The summed E-state index contributed by atoms with van der Waals surface area (Å²) in [7, 11) is 0. The van der Waals surface area contributed by atoms with Crippen LogP contribution >= 0.6 is 0 Å². The van der Waals surface area contributed by atoms with Crippen molar-refractivity contribution in [2.75, 3.05) is 25.0 Å². The molecule has 5 heteroatoms. The molecular formula is C12H17N5. The number of aromatic nitrogens is 3. The van der Waals surface area contributed by atoms with Crippen LogP contribution in [0.3, 0.4) is 0 Å². The van der Waals surface area contributed by atoms with Crippen LogP contribution in [0, 0.1) is 5.92 Å². The van der Waals surface area contributed by atoms with E-state index in [0.717, 1.165) is 36.9 Å². The highest BCUT2D eigenvalue weighted by molar-refractivity contribution is 5.66. The lowest BCUT2D eigenvalue weighted by Gasteiger charge is -2.23. The van der Waals surface area contributed by atoms with Crippen molar-refractivity contribution in [1.82, 2.24) is 19.9 Å². The van der Waals surface area contributed by atoms with Crippen molar-refractivity contribution in [2.45, 2.75) is 12.8 Å². The smallest absolute Gasteiger partial charge is 0.152 e. The number of nitrogens with one attached hydrogen (secondary N) is 2. The number of nitrogens with zero attached hydrogens (tertiary/aromatic N) is 3. The highest BCUT2D eigenvalue weighted by atomic mass is 15.2. The fraction of sp³-hybridized carbons (Fsp3) is 0.500. The minimum absolute atomic E-state index is 0.751. The highest BCUT2D eigenvalue weighted by Gasteiger charge is 2.13. The van der Waals surface area contributed by atoms with Gasteiger partial charge in [-0.2, -0.15) is 5.10 Å². The quantitative estimate of drug-likeness (QED) is 0.831. The third-order valence-electron chi connectivity index (χ3n) is 3.34. The van der Waals surface area contributed by atoms with Crippen LogP contribution in [0.15, 0.2) is 24.7 Å². The predicted octanol–water partition coefficient (Wildman–Crippen LogP) is 1.14. The molecule has 1 aliphatic heterocycles. The Bertz CT molecular complexity index is 486. The molecule has 1 aliphatic rings. The molecule has 0 radical (unpaired) electrons. The molecule has 17 heavy (non-hydrogen) atoms. The van der Waals surface area contributed by atoms with Gasteiger partial charge in [-0.15, -0.1) is 0 Å². The Morgan fingerprint density at radius 2 is 2.24 bits per heavy atom. The number of hydrogen-bond donors (Lipinski definition) is 2. The summed E-state index contributed by atoms with van der Waals surface area (Å²) < 4.78 is 1.84. The molecule has 3 heterocycles. The fourth-order valence-corrected chi connectivity index (χ4v) is 2.32. The van der Waals surface area contributed by atoms with Gasteiger partial charge in [0.1, 0.15) is 5.52 Å². The van der Waals surface area contributed by atoms with Crippen molar-refractivity contribution >= 4 is 11.3 Å². The van der Waals surface area contributed by atoms with E-state index >= 15 is 0 Å². The maximum absolute atomic E-state index is 4.38. The maximum atomic E-state index is 4.38. The zero-order chi connectivity index (χ0) is 11.5. The average Bonchev–Trinajstić information content (AvgIpc) is 2.86. The van der Waals surface area contributed by atoms with E-state index in [2.05, 4.69) is 20.7 Å². The molecule has 2 aromatic heterocycles. The van der Waals surface area contributed by atoms with Crippen LogP contribution < -0.4 is 10.6 Å². The first-order valence-corrected chi connectivity index (χ1v) is 6.16. The van der Waals surface area contributed by atoms with Gasteiger partial charge in [0.25, 0.3) is 0 Å². The molecule has 0 bridgehead atoms. The van der Waals surface area contributed by atoms with Gasteiger partial charge in [-0.25, -0.2) is 9.50 Å². The van der Waals surface area contributed by atoms with E-state index in [0.29, 0.717) is 0 Å². The Morgan fingerprint density at radius 1 is 1.35 bits per heavy atom. The van der Waals surface area contributed by atoms with Gasteiger partial charge in [-0.05, 0) is 37.9 Å². The molecule has 0 saturated carbocycles. The van der Waals surface area contributed by atoms with Gasteiger partial charge in [0.05, 0.1) is 6.20 Å². The van der Waals surface area contributed by atoms with Crippen LogP contribution in [0.1, 0.15) is 12.8 Å². The van der Waals surface area contributed by atoms with Crippen LogP contribution in [0.4, 0.5) is 5.82 Å². The molecular weight excluding hydrogens is 214 g/mol. The van der Waals surface area contributed by atoms with Crippen molar-refractivity contribution < 1.29 is 0 Å². The first-order chi connectivity index (χ1) is 8.43. The molecule has 0 unspecified atom stereocenters. The number of piperidine rings is 1. The lowest BCUT2D eigenvalue weighted by atomic mass is 9.98. The topological polar surface area (TPSA) is 54.2 Å². The van der Waals surface area contributed by atoms with Gasteiger partial charge in [-0.1, -0.05) is 0 Å². The van der Waals surface area contributed by atoms with Gasteiger partial charge in [0.15, 0.2) is 5.82 Å². The molecule has 0 aliphatic carbocycles. The van der Waals surface area contributed by atoms with E-state index in [1.54, 1.807) is 12.4 Å². The third-order valence-corrected chi connectivity index (χ3v) is 3.34. The summed E-state index contributed by atoms with van der Waals surface area (Å²) >= 11 is 0. The average molecular weight is 231 g/mol. The lowest BCUT2D eigenvalue weighted by molar-refractivity contribution is 0.389. The standard InChI is InChI=1S/C12H17N5/c1-4-13-5-2-10(1)9-15-12-11-3-6-16-17(11)8-7-14-12/h3,6-8,10,13H,1-2,4-5,9H2,(H,14,15). The Labute approximate surface area is 100 Å². The normalized spacial score (nSPS) is 17.4. The summed E-state index contributed by atoms with van der Waals surface area (Å²) in [5.41, 5.74) is 1.04. The Morgan fingerprint density at radius 3 is 3.12 bits per heavy atom. The van der Waals surface area contributed by atoms with Gasteiger partial charge in [0.2, 0.25) is 0 Å². The largest absolute Gasteiger partial charge is 0.368 e. The van der Waals surface area contributed by atoms with Crippen molar-refractivity contribution in [3.05, 3.63) is 24.7 Å². The predicted molar refractivity (Wildman–Crippen MR) is 67.1 cm³/mol.